The smallest absolute Gasteiger partial charge is 0.0556 e. The Kier molecular flexibility index (Phi) is 5.46. The van der Waals surface area contributed by atoms with Crippen LogP contribution in [0.2, 0.25) is 0 Å². The molecular formula is C15H29NO2. The van der Waals surface area contributed by atoms with Crippen molar-refractivity contribution in [2.24, 2.45) is 5.41 Å². The second-order valence-corrected chi connectivity index (χ2v) is 6.17. The molecule has 0 bridgehead atoms. The molecular weight excluding hydrogens is 226 g/mol. The predicted molar refractivity (Wildman–Crippen MR) is 73.7 cm³/mol. The van der Waals surface area contributed by atoms with Gasteiger partial charge in [-0.25, -0.2) is 0 Å². The number of ether oxygens (including phenoxy) is 1. The number of aliphatic hydroxyl groups is 1. The summed E-state index contributed by atoms with van der Waals surface area (Å²) in [5.74, 6) is 0. The summed E-state index contributed by atoms with van der Waals surface area (Å²) in [6, 6.07) is 0.745. The van der Waals surface area contributed by atoms with Gasteiger partial charge in [0.2, 0.25) is 0 Å². The highest BCUT2D eigenvalue weighted by Gasteiger charge is 2.35. The molecule has 1 N–H and O–H groups in total. The van der Waals surface area contributed by atoms with E-state index in [4.69, 9.17) is 4.74 Å². The highest BCUT2D eigenvalue weighted by Crippen LogP contribution is 2.32. The summed E-state index contributed by atoms with van der Waals surface area (Å²) in [4.78, 5) is 2.60. The van der Waals surface area contributed by atoms with Gasteiger partial charge in [0.05, 0.1) is 13.2 Å². The Balaban J connectivity index is 1.94. The lowest BCUT2D eigenvalue weighted by Crippen LogP contribution is -2.49. The average molecular weight is 255 g/mol. The van der Waals surface area contributed by atoms with E-state index < -0.39 is 0 Å². The summed E-state index contributed by atoms with van der Waals surface area (Å²) >= 11 is 0. The fraction of sp³-hybridized carbons (Fsp3) is 1.00. The van der Waals surface area contributed by atoms with Crippen LogP contribution in [0.5, 0.6) is 0 Å². The van der Waals surface area contributed by atoms with E-state index in [1.807, 2.05) is 0 Å². The van der Waals surface area contributed by atoms with Gasteiger partial charge in [-0.1, -0.05) is 26.2 Å². The van der Waals surface area contributed by atoms with Crippen LogP contribution in [0.3, 0.4) is 0 Å². The average Bonchev–Trinajstić information content (AvgIpc) is 2.47. The van der Waals surface area contributed by atoms with Crippen LogP contribution in [-0.2, 0) is 4.74 Å². The minimum Gasteiger partial charge on any atom is -0.396 e. The number of nitrogens with zero attached hydrogens (tertiary/aromatic N) is 1. The van der Waals surface area contributed by atoms with Crippen LogP contribution < -0.4 is 0 Å². The maximum absolute atomic E-state index is 9.78. The molecule has 0 spiro atoms. The number of aliphatic hydroxyl groups excluding tert-OH is 1. The van der Waals surface area contributed by atoms with E-state index in [1.165, 1.54) is 32.1 Å². The molecule has 0 aromatic carbocycles. The van der Waals surface area contributed by atoms with Crippen LogP contribution in [0, 0.1) is 5.41 Å². The molecule has 3 heteroatoms. The molecule has 1 heterocycles. The summed E-state index contributed by atoms with van der Waals surface area (Å²) in [6.07, 6.45) is 9.07. The standard InChI is InChI=1S/C15H29NO2/c1-2-16(14-7-4-3-5-8-14)11-15(12-17)9-6-10-18-13-15/h14,17H,2-13H2,1H3. The molecule has 1 saturated heterocycles. The Bertz CT molecular complexity index is 233. The van der Waals surface area contributed by atoms with E-state index in [0.717, 1.165) is 45.2 Å². The van der Waals surface area contributed by atoms with Crippen molar-refractivity contribution >= 4 is 0 Å². The maximum atomic E-state index is 9.78. The monoisotopic (exact) mass is 255 g/mol. The zero-order valence-corrected chi connectivity index (χ0v) is 11.9. The van der Waals surface area contributed by atoms with Crippen LogP contribution in [0.4, 0.5) is 0 Å². The lowest BCUT2D eigenvalue weighted by molar-refractivity contribution is -0.0622. The van der Waals surface area contributed by atoms with E-state index in [9.17, 15) is 5.11 Å². The second-order valence-electron chi connectivity index (χ2n) is 6.17. The Hall–Kier alpha value is -0.120. The van der Waals surface area contributed by atoms with Gasteiger partial charge in [0.25, 0.3) is 0 Å². The van der Waals surface area contributed by atoms with Gasteiger partial charge in [-0.15, -0.1) is 0 Å². The van der Waals surface area contributed by atoms with E-state index in [0.29, 0.717) is 0 Å². The minimum atomic E-state index is 0.00566. The fourth-order valence-electron chi connectivity index (χ4n) is 3.59. The van der Waals surface area contributed by atoms with Crippen LogP contribution in [0.25, 0.3) is 0 Å². The topological polar surface area (TPSA) is 32.7 Å². The third-order valence-electron chi connectivity index (χ3n) is 4.78. The first-order valence-electron chi connectivity index (χ1n) is 7.72. The molecule has 18 heavy (non-hydrogen) atoms. The molecule has 106 valence electrons. The molecule has 1 aliphatic heterocycles. The highest BCUT2D eigenvalue weighted by atomic mass is 16.5. The highest BCUT2D eigenvalue weighted by molar-refractivity contribution is 4.87. The molecule has 1 atom stereocenters. The van der Waals surface area contributed by atoms with Gasteiger partial charge >= 0.3 is 0 Å². The van der Waals surface area contributed by atoms with Crippen molar-refractivity contribution in [1.82, 2.24) is 4.90 Å². The molecule has 0 aromatic heterocycles. The van der Waals surface area contributed by atoms with Gasteiger partial charge in [-0.05, 0) is 32.2 Å². The number of rotatable bonds is 5. The summed E-state index contributed by atoms with van der Waals surface area (Å²) in [7, 11) is 0. The Morgan fingerprint density at radius 2 is 2.00 bits per heavy atom. The summed E-state index contributed by atoms with van der Waals surface area (Å²) in [5.41, 5.74) is 0.00566. The molecule has 0 amide bonds. The van der Waals surface area contributed by atoms with Gasteiger partial charge in [0.1, 0.15) is 0 Å². The quantitative estimate of drug-likeness (QED) is 0.819. The molecule has 0 radical (unpaired) electrons. The van der Waals surface area contributed by atoms with Crippen LogP contribution in [0.15, 0.2) is 0 Å². The second kappa shape index (κ2) is 6.88. The Morgan fingerprint density at radius 3 is 2.56 bits per heavy atom. The minimum absolute atomic E-state index is 0.00566. The van der Waals surface area contributed by atoms with Crippen LogP contribution in [-0.4, -0.2) is 49.0 Å². The SMILES string of the molecule is CCN(CC1(CO)CCCOC1)C1CCCCC1. The zero-order chi connectivity index (χ0) is 12.8. The lowest BCUT2D eigenvalue weighted by Gasteiger charge is -2.43. The lowest BCUT2D eigenvalue weighted by atomic mass is 9.81. The first-order chi connectivity index (χ1) is 8.79. The van der Waals surface area contributed by atoms with Crippen molar-refractivity contribution < 1.29 is 9.84 Å². The molecule has 2 aliphatic rings. The molecule has 1 saturated carbocycles. The molecule has 0 aromatic rings. The van der Waals surface area contributed by atoms with Gasteiger partial charge in [-0.3, -0.25) is 4.90 Å². The predicted octanol–water partition coefficient (Wildman–Crippen LogP) is 2.43. The first kappa shape index (κ1) is 14.3. The van der Waals surface area contributed by atoms with Crippen LogP contribution >= 0.6 is 0 Å². The molecule has 2 fully saturated rings. The van der Waals surface area contributed by atoms with E-state index in [2.05, 4.69) is 11.8 Å². The van der Waals surface area contributed by atoms with Crippen LogP contribution in [0.1, 0.15) is 51.9 Å². The Morgan fingerprint density at radius 1 is 1.22 bits per heavy atom. The zero-order valence-electron chi connectivity index (χ0n) is 11.9. The molecule has 1 unspecified atom stereocenters. The van der Waals surface area contributed by atoms with Crippen molar-refractivity contribution in [3.63, 3.8) is 0 Å². The number of hydrogen-bond donors (Lipinski definition) is 1. The van der Waals surface area contributed by atoms with Gasteiger partial charge in [-0.2, -0.15) is 0 Å². The van der Waals surface area contributed by atoms with Gasteiger partial charge in [0.15, 0.2) is 0 Å². The molecule has 3 nitrogen and oxygen atoms in total. The third kappa shape index (κ3) is 3.46. The van der Waals surface area contributed by atoms with E-state index in [-0.39, 0.29) is 12.0 Å². The largest absolute Gasteiger partial charge is 0.396 e. The third-order valence-corrected chi connectivity index (χ3v) is 4.78. The van der Waals surface area contributed by atoms with E-state index >= 15 is 0 Å². The normalized spacial score (nSPS) is 30.8. The van der Waals surface area contributed by atoms with Crippen molar-refractivity contribution in [2.45, 2.75) is 57.9 Å². The fourth-order valence-corrected chi connectivity index (χ4v) is 3.59. The molecule has 2 rings (SSSR count). The van der Waals surface area contributed by atoms with Crippen molar-refractivity contribution in [1.29, 1.82) is 0 Å². The Labute approximate surface area is 112 Å². The first-order valence-corrected chi connectivity index (χ1v) is 7.72. The van der Waals surface area contributed by atoms with Gasteiger partial charge in [0, 0.05) is 24.6 Å². The summed E-state index contributed by atoms with van der Waals surface area (Å²) in [5, 5.41) is 9.78. The number of hydrogen-bond acceptors (Lipinski definition) is 3. The maximum Gasteiger partial charge on any atom is 0.0556 e. The van der Waals surface area contributed by atoms with E-state index in [1.54, 1.807) is 0 Å². The summed E-state index contributed by atoms with van der Waals surface area (Å²) < 4.78 is 5.62. The van der Waals surface area contributed by atoms with Gasteiger partial charge < -0.3 is 9.84 Å². The van der Waals surface area contributed by atoms with Crippen molar-refractivity contribution in [3.8, 4) is 0 Å². The molecule has 1 aliphatic carbocycles. The summed E-state index contributed by atoms with van der Waals surface area (Å²) in [6.45, 7) is 6.26. The van der Waals surface area contributed by atoms with Crippen molar-refractivity contribution in [2.75, 3.05) is 32.9 Å². The van der Waals surface area contributed by atoms with Crippen molar-refractivity contribution in [3.05, 3.63) is 0 Å².